The molecule has 0 spiro atoms. The van der Waals surface area contributed by atoms with Gasteiger partial charge >= 0.3 is 0 Å². The number of carbonyl (C=O) groups excluding carboxylic acids is 2. The molecule has 0 atom stereocenters. The van der Waals surface area contributed by atoms with Gasteiger partial charge in [-0.3, -0.25) is 9.59 Å². The van der Waals surface area contributed by atoms with Gasteiger partial charge in [0.2, 0.25) is 5.82 Å². The maximum Gasteiger partial charge on any atom is 0.200 e. The van der Waals surface area contributed by atoms with Gasteiger partial charge in [0.1, 0.15) is 11.3 Å². The van der Waals surface area contributed by atoms with E-state index in [0.717, 1.165) is 28.2 Å². The summed E-state index contributed by atoms with van der Waals surface area (Å²) < 4.78 is 74.8. The van der Waals surface area contributed by atoms with Crippen LogP contribution in [0.1, 0.15) is 26.5 Å². The maximum absolute atomic E-state index is 14.2. The Balaban J connectivity index is 1.40. The van der Waals surface area contributed by atoms with Gasteiger partial charge in [-0.2, -0.15) is 0 Å². The van der Waals surface area contributed by atoms with E-state index in [-0.39, 0.29) is 32.9 Å². The predicted molar refractivity (Wildman–Crippen MR) is 120 cm³/mol. The average molecular weight is 496 g/mol. The molecule has 0 fully saturated rings. The smallest absolute Gasteiger partial charge is 0.200 e. The zero-order valence-corrected chi connectivity index (χ0v) is 18.0. The first kappa shape index (κ1) is 21.4. The molecule has 0 aliphatic heterocycles. The molecule has 0 saturated carbocycles. The summed E-state index contributed by atoms with van der Waals surface area (Å²) in [6.45, 7) is 0. The number of carbonyl (C=O) groups is 2. The summed E-state index contributed by atoms with van der Waals surface area (Å²) in [6, 6.07) is 13.2. The quantitative estimate of drug-likeness (QED) is 0.0837. The summed E-state index contributed by atoms with van der Waals surface area (Å²) in [7, 11) is 0. The lowest BCUT2D eigenvalue weighted by Gasteiger charge is -2.05. The van der Waals surface area contributed by atoms with Gasteiger partial charge in [0.05, 0.1) is 15.8 Å². The number of rotatable bonds is 2. The Morgan fingerprint density at radius 1 is 0.714 bits per heavy atom. The summed E-state index contributed by atoms with van der Waals surface area (Å²) in [5.41, 5.74) is -0.496. The normalized spacial score (nSPS) is 13.3. The van der Waals surface area contributed by atoms with E-state index < -0.39 is 46.2 Å². The van der Waals surface area contributed by atoms with Crippen LogP contribution in [0.3, 0.4) is 0 Å². The number of thiophene rings is 1. The fourth-order valence-corrected chi connectivity index (χ4v) is 5.21. The lowest BCUT2D eigenvalue weighted by atomic mass is 10.0. The molecular weight excluding hydrogens is 487 g/mol. The van der Waals surface area contributed by atoms with Crippen molar-refractivity contribution in [2.24, 2.45) is 0 Å². The average Bonchev–Trinajstić information content (AvgIpc) is 3.48. The van der Waals surface area contributed by atoms with Gasteiger partial charge in [0.15, 0.2) is 34.8 Å². The van der Waals surface area contributed by atoms with Crippen LogP contribution in [0.4, 0.5) is 22.0 Å². The van der Waals surface area contributed by atoms with E-state index in [1.807, 2.05) is 24.3 Å². The molecule has 0 bridgehead atoms. The number of allylic oxidation sites excluding steroid dienone is 1. The molecular formula is C26H9F5O3S. The van der Waals surface area contributed by atoms with Crippen LogP contribution in [0.15, 0.2) is 58.5 Å². The van der Waals surface area contributed by atoms with Crippen molar-refractivity contribution in [2.75, 3.05) is 0 Å². The van der Waals surface area contributed by atoms with Crippen LogP contribution in [0.25, 0.3) is 37.6 Å². The van der Waals surface area contributed by atoms with Crippen LogP contribution in [0.5, 0.6) is 0 Å². The Labute approximate surface area is 196 Å². The lowest BCUT2D eigenvalue weighted by Crippen LogP contribution is -2.03. The Hall–Kier alpha value is -4.11. The number of Topliss-reactive ketones (excluding diaryl/α,β-unsaturated/α-hetero) is 2. The molecule has 2 heterocycles. The second kappa shape index (κ2) is 7.44. The van der Waals surface area contributed by atoms with Gasteiger partial charge in [-0.1, -0.05) is 24.3 Å². The number of ketones is 2. The number of hydrogen-bond acceptors (Lipinski definition) is 4. The molecule has 0 amide bonds. The zero-order chi connectivity index (χ0) is 24.6. The summed E-state index contributed by atoms with van der Waals surface area (Å²) in [6.07, 6.45) is 1.28. The number of hydrogen-bond donors (Lipinski definition) is 0. The van der Waals surface area contributed by atoms with Gasteiger partial charge in [-0.15, -0.1) is 11.3 Å². The zero-order valence-electron chi connectivity index (χ0n) is 17.2. The Kier molecular flexibility index (Phi) is 4.56. The molecule has 35 heavy (non-hydrogen) atoms. The van der Waals surface area contributed by atoms with Crippen molar-refractivity contribution < 1.29 is 36.0 Å². The first-order chi connectivity index (χ1) is 16.7. The molecule has 0 N–H and O–H groups in total. The Morgan fingerprint density at radius 3 is 1.80 bits per heavy atom. The SMILES string of the molecule is O=C1C(=Cc2cc3sc(-c4c(F)c(F)c(F)c(F)c4F)cc3o2)C(=O)c2cc3ccccc3cc21. The first-order valence-corrected chi connectivity index (χ1v) is 11.0. The Morgan fingerprint density at radius 2 is 1.26 bits per heavy atom. The maximum atomic E-state index is 14.2. The van der Waals surface area contributed by atoms with Crippen LogP contribution in [0, 0.1) is 29.1 Å². The summed E-state index contributed by atoms with van der Waals surface area (Å²) in [5.74, 6) is -11.0. The third-order valence-electron chi connectivity index (χ3n) is 5.83. The molecule has 0 radical (unpaired) electrons. The van der Waals surface area contributed by atoms with E-state index in [1.165, 1.54) is 12.1 Å². The van der Waals surface area contributed by atoms with Crippen molar-refractivity contribution in [2.45, 2.75) is 0 Å². The van der Waals surface area contributed by atoms with Crippen molar-refractivity contribution in [3.05, 3.63) is 100 Å². The minimum absolute atomic E-state index is 0.0990. The highest BCUT2D eigenvalue weighted by Crippen LogP contribution is 2.40. The predicted octanol–water partition coefficient (Wildman–Crippen LogP) is 7.47. The Bertz CT molecular complexity index is 1680. The third kappa shape index (κ3) is 3.08. The highest BCUT2D eigenvalue weighted by molar-refractivity contribution is 7.22. The van der Waals surface area contributed by atoms with E-state index in [2.05, 4.69) is 0 Å². The van der Waals surface area contributed by atoms with Crippen molar-refractivity contribution in [3.63, 3.8) is 0 Å². The second-order valence-corrected chi connectivity index (χ2v) is 8.98. The molecule has 172 valence electrons. The third-order valence-corrected chi connectivity index (χ3v) is 6.91. The van der Waals surface area contributed by atoms with E-state index in [0.29, 0.717) is 4.70 Å². The highest BCUT2D eigenvalue weighted by Gasteiger charge is 2.34. The highest BCUT2D eigenvalue weighted by atomic mass is 32.1. The lowest BCUT2D eigenvalue weighted by molar-refractivity contribution is 0.0990. The standard InChI is InChI=1S/C26H9F5O3S/c27-20-19(21(28)23(30)24(31)22(20)29)18-9-16-17(35-18)8-12(34-16)7-15-25(32)13-5-10-3-1-2-4-11(10)6-14(13)26(15)33/h1-9H. The van der Waals surface area contributed by atoms with Crippen molar-refractivity contribution in [1.82, 2.24) is 0 Å². The molecule has 1 aliphatic carbocycles. The van der Waals surface area contributed by atoms with E-state index >= 15 is 0 Å². The van der Waals surface area contributed by atoms with Crippen molar-refractivity contribution in [1.29, 1.82) is 0 Å². The van der Waals surface area contributed by atoms with Gasteiger partial charge in [0.25, 0.3) is 0 Å². The van der Waals surface area contributed by atoms with E-state index in [4.69, 9.17) is 4.42 Å². The molecule has 1 aliphatic rings. The molecule has 3 nitrogen and oxygen atoms in total. The number of halogens is 5. The van der Waals surface area contributed by atoms with Gasteiger partial charge in [-0.05, 0) is 29.0 Å². The number of fused-ring (bicyclic) bond motifs is 3. The van der Waals surface area contributed by atoms with E-state index in [1.54, 1.807) is 12.1 Å². The first-order valence-electron chi connectivity index (χ1n) is 10.1. The van der Waals surface area contributed by atoms with Crippen LogP contribution >= 0.6 is 11.3 Å². The van der Waals surface area contributed by atoms with Gasteiger partial charge < -0.3 is 4.42 Å². The van der Waals surface area contributed by atoms with Crippen LogP contribution < -0.4 is 0 Å². The van der Waals surface area contributed by atoms with E-state index in [9.17, 15) is 31.5 Å². The topological polar surface area (TPSA) is 47.3 Å². The number of furan rings is 1. The summed E-state index contributed by atoms with van der Waals surface area (Å²) in [5, 5.41) is 1.63. The minimum Gasteiger partial charge on any atom is -0.456 e. The monoisotopic (exact) mass is 496 g/mol. The fourth-order valence-electron chi connectivity index (χ4n) is 4.15. The molecule has 5 aromatic rings. The van der Waals surface area contributed by atoms with Crippen molar-refractivity contribution >= 4 is 50.0 Å². The fraction of sp³-hybridized carbons (Fsp3) is 0. The molecule has 3 aromatic carbocycles. The molecule has 0 saturated heterocycles. The molecule has 2 aromatic heterocycles. The summed E-state index contributed by atoms with van der Waals surface area (Å²) >= 11 is 0.743. The molecule has 0 unspecified atom stereocenters. The minimum atomic E-state index is -2.24. The van der Waals surface area contributed by atoms with Crippen LogP contribution in [0.2, 0.25) is 0 Å². The molecule has 6 rings (SSSR count). The second-order valence-electron chi connectivity index (χ2n) is 7.89. The number of benzene rings is 3. The van der Waals surface area contributed by atoms with Crippen LogP contribution in [-0.4, -0.2) is 11.6 Å². The summed E-state index contributed by atoms with van der Waals surface area (Å²) in [4.78, 5) is 25.6. The van der Waals surface area contributed by atoms with Crippen molar-refractivity contribution in [3.8, 4) is 10.4 Å². The largest absolute Gasteiger partial charge is 0.456 e. The van der Waals surface area contributed by atoms with Gasteiger partial charge in [-0.25, -0.2) is 22.0 Å². The van der Waals surface area contributed by atoms with Crippen LogP contribution in [-0.2, 0) is 0 Å². The molecule has 9 heteroatoms. The van der Waals surface area contributed by atoms with Gasteiger partial charge in [0, 0.05) is 28.1 Å².